The molecule has 0 spiro atoms. The lowest BCUT2D eigenvalue weighted by Crippen LogP contribution is -2.43. The fourth-order valence-corrected chi connectivity index (χ4v) is 7.38. The molecule has 230 valence electrons. The van der Waals surface area contributed by atoms with Gasteiger partial charge < -0.3 is 19.3 Å². The zero-order chi connectivity index (χ0) is 29.9. The fraction of sp³-hybridized carbons (Fsp3) is 0.571. The van der Waals surface area contributed by atoms with Gasteiger partial charge in [0.05, 0.1) is 40.5 Å². The molecular weight excluding hydrogens is 655 g/mol. The molecule has 3 saturated heterocycles. The first-order chi connectivity index (χ1) is 20.7. The number of ether oxygens (including phenoxy) is 2. The topological polar surface area (TPSA) is 88.8 Å². The van der Waals surface area contributed by atoms with Crippen molar-refractivity contribution in [3.8, 4) is 6.01 Å². The summed E-state index contributed by atoms with van der Waals surface area (Å²) in [6, 6.07) is 1.12. The molecule has 1 aromatic carbocycles. The van der Waals surface area contributed by atoms with Crippen LogP contribution in [0.4, 0.5) is 19.0 Å². The molecule has 3 fully saturated rings. The SMILES string of the molecule is O=C(c1nn2c(c1Cl)CN(c1nc(OC[C@@]34CCCN3C[C@H](F)C4)nc3c(F)c(Br)c(F)cc13)CCC2)N1CCOCC1. The summed E-state index contributed by atoms with van der Waals surface area (Å²) < 4.78 is 57.5. The summed E-state index contributed by atoms with van der Waals surface area (Å²) in [5.74, 6) is -1.65. The second kappa shape index (κ2) is 11.4. The summed E-state index contributed by atoms with van der Waals surface area (Å²) >= 11 is 9.77. The maximum Gasteiger partial charge on any atom is 0.319 e. The predicted molar refractivity (Wildman–Crippen MR) is 155 cm³/mol. The normalized spacial score (nSPS) is 24.3. The van der Waals surface area contributed by atoms with Crippen molar-refractivity contribution in [2.75, 3.05) is 57.4 Å². The van der Waals surface area contributed by atoms with E-state index in [2.05, 4.69) is 35.9 Å². The highest BCUT2D eigenvalue weighted by Gasteiger charge is 2.49. The highest BCUT2D eigenvalue weighted by Crippen LogP contribution is 2.41. The summed E-state index contributed by atoms with van der Waals surface area (Å²) in [5.41, 5.74) is 0.215. The average molecular weight is 685 g/mol. The molecular formula is C28H30BrClF3N7O3. The molecule has 0 bridgehead atoms. The van der Waals surface area contributed by atoms with Crippen LogP contribution in [0.3, 0.4) is 0 Å². The van der Waals surface area contributed by atoms with Crippen LogP contribution in [0.5, 0.6) is 6.01 Å². The smallest absolute Gasteiger partial charge is 0.319 e. The minimum absolute atomic E-state index is 0.0736. The zero-order valence-corrected chi connectivity index (χ0v) is 25.6. The van der Waals surface area contributed by atoms with Crippen LogP contribution < -0.4 is 9.64 Å². The van der Waals surface area contributed by atoms with Gasteiger partial charge >= 0.3 is 6.01 Å². The minimum Gasteiger partial charge on any atom is -0.461 e. The number of fused-ring (bicyclic) bond motifs is 3. The quantitative estimate of drug-likeness (QED) is 0.367. The molecule has 1 amide bonds. The molecule has 2 atom stereocenters. The molecule has 43 heavy (non-hydrogen) atoms. The van der Waals surface area contributed by atoms with Gasteiger partial charge in [-0.3, -0.25) is 14.4 Å². The van der Waals surface area contributed by atoms with Crippen LogP contribution in [0.25, 0.3) is 10.9 Å². The van der Waals surface area contributed by atoms with Crippen molar-refractivity contribution in [1.29, 1.82) is 0 Å². The maximum absolute atomic E-state index is 15.4. The Labute approximate surface area is 259 Å². The molecule has 0 saturated carbocycles. The standard InChI is InChI=1S/C28H30BrClF3N7O3/c29-20-18(32)11-17-23(22(20)33)34-27(43-15-28-3-1-5-39(28)13-16(31)12-28)35-25(17)38-4-2-6-40-19(14-38)21(30)24(36-40)26(41)37-7-9-42-10-8-37/h11,16H,1-10,12-15H2/t16-,28+/m1/s1. The summed E-state index contributed by atoms with van der Waals surface area (Å²) in [4.78, 5) is 27.9. The summed E-state index contributed by atoms with van der Waals surface area (Å²) in [6.07, 6.45) is 1.77. The first-order valence-electron chi connectivity index (χ1n) is 14.5. The predicted octanol–water partition coefficient (Wildman–Crippen LogP) is 4.36. The Kier molecular flexibility index (Phi) is 7.67. The largest absolute Gasteiger partial charge is 0.461 e. The number of hydrogen-bond donors (Lipinski definition) is 0. The third-order valence-corrected chi connectivity index (χ3v) is 10.1. The van der Waals surface area contributed by atoms with E-state index in [0.29, 0.717) is 64.5 Å². The van der Waals surface area contributed by atoms with E-state index in [1.54, 1.807) is 9.58 Å². The van der Waals surface area contributed by atoms with Gasteiger partial charge in [0.15, 0.2) is 11.5 Å². The van der Waals surface area contributed by atoms with Crippen LogP contribution in [0, 0.1) is 11.6 Å². The molecule has 6 heterocycles. The van der Waals surface area contributed by atoms with E-state index in [4.69, 9.17) is 21.1 Å². The van der Waals surface area contributed by atoms with Gasteiger partial charge in [-0.1, -0.05) is 11.6 Å². The van der Waals surface area contributed by atoms with Gasteiger partial charge in [0.1, 0.15) is 29.9 Å². The van der Waals surface area contributed by atoms with E-state index in [-0.39, 0.29) is 57.0 Å². The number of anilines is 1. The summed E-state index contributed by atoms with van der Waals surface area (Å²) in [6.45, 7) is 4.29. The Morgan fingerprint density at radius 1 is 1.16 bits per heavy atom. The number of halogens is 5. The Morgan fingerprint density at radius 2 is 1.98 bits per heavy atom. The van der Waals surface area contributed by atoms with Crippen LogP contribution in [0.15, 0.2) is 10.5 Å². The number of aryl methyl sites for hydroxylation is 1. The van der Waals surface area contributed by atoms with Gasteiger partial charge in [0, 0.05) is 44.5 Å². The second-order valence-corrected chi connectivity index (χ2v) is 12.8. The molecule has 10 nitrogen and oxygen atoms in total. The van der Waals surface area contributed by atoms with E-state index in [9.17, 15) is 13.6 Å². The number of alkyl halides is 1. The van der Waals surface area contributed by atoms with Gasteiger partial charge in [-0.25, -0.2) is 13.2 Å². The Balaban J connectivity index is 1.24. The molecule has 3 aromatic rings. The average Bonchev–Trinajstić information content (AvgIpc) is 3.57. The molecule has 4 aliphatic rings. The number of aromatic nitrogens is 4. The molecule has 15 heteroatoms. The number of rotatable bonds is 5. The highest BCUT2D eigenvalue weighted by molar-refractivity contribution is 9.10. The van der Waals surface area contributed by atoms with E-state index in [1.165, 1.54) is 6.07 Å². The Morgan fingerprint density at radius 3 is 2.79 bits per heavy atom. The third-order valence-electron chi connectivity index (χ3n) is 8.95. The number of hydrogen-bond acceptors (Lipinski definition) is 8. The lowest BCUT2D eigenvalue weighted by atomic mass is 9.95. The monoisotopic (exact) mass is 683 g/mol. The van der Waals surface area contributed by atoms with Gasteiger partial charge in [0.2, 0.25) is 0 Å². The van der Waals surface area contributed by atoms with Crippen molar-refractivity contribution in [3.63, 3.8) is 0 Å². The fourth-order valence-electron chi connectivity index (χ4n) is 6.81. The molecule has 2 aromatic heterocycles. The Bertz CT molecular complexity index is 1590. The van der Waals surface area contributed by atoms with Crippen LogP contribution in [-0.4, -0.2) is 99.7 Å². The minimum atomic E-state index is -0.930. The number of benzene rings is 1. The van der Waals surface area contributed by atoms with Crippen LogP contribution in [0.2, 0.25) is 5.02 Å². The van der Waals surface area contributed by atoms with E-state index < -0.39 is 23.3 Å². The van der Waals surface area contributed by atoms with Crippen molar-refractivity contribution in [3.05, 3.63) is 38.6 Å². The number of carbonyl (C=O) groups is 1. The van der Waals surface area contributed by atoms with E-state index in [1.807, 2.05) is 4.90 Å². The molecule has 0 N–H and O–H groups in total. The molecule has 0 radical (unpaired) electrons. The van der Waals surface area contributed by atoms with Crippen LogP contribution in [-0.2, 0) is 17.8 Å². The zero-order valence-electron chi connectivity index (χ0n) is 23.3. The van der Waals surface area contributed by atoms with Crippen molar-refractivity contribution >= 4 is 50.2 Å². The van der Waals surface area contributed by atoms with Crippen molar-refractivity contribution in [1.82, 2.24) is 29.5 Å². The second-order valence-electron chi connectivity index (χ2n) is 11.6. The maximum atomic E-state index is 15.4. The van der Waals surface area contributed by atoms with Crippen molar-refractivity contribution < 1.29 is 27.4 Å². The first kappa shape index (κ1) is 29.1. The van der Waals surface area contributed by atoms with Gasteiger partial charge in [-0.2, -0.15) is 15.1 Å². The lowest BCUT2D eigenvalue weighted by molar-refractivity contribution is 0.0298. The van der Waals surface area contributed by atoms with Gasteiger partial charge in [0.25, 0.3) is 5.91 Å². The third kappa shape index (κ3) is 5.13. The number of amides is 1. The summed E-state index contributed by atoms with van der Waals surface area (Å²) in [5, 5.41) is 4.96. The van der Waals surface area contributed by atoms with E-state index in [0.717, 1.165) is 19.4 Å². The molecule has 0 aliphatic carbocycles. The van der Waals surface area contributed by atoms with Crippen LogP contribution >= 0.6 is 27.5 Å². The summed E-state index contributed by atoms with van der Waals surface area (Å²) in [7, 11) is 0. The molecule has 0 unspecified atom stereocenters. The Hall–Kier alpha value is -2.68. The molecule has 4 aliphatic heterocycles. The molecule has 7 rings (SSSR count). The van der Waals surface area contributed by atoms with Crippen molar-refractivity contribution in [2.24, 2.45) is 0 Å². The van der Waals surface area contributed by atoms with Crippen LogP contribution in [0.1, 0.15) is 41.9 Å². The number of nitrogens with zero attached hydrogens (tertiary/aromatic N) is 7. The number of carbonyl (C=O) groups excluding carboxylic acids is 1. The van der Waals surface area contributed by atoms with Crippen molar-refractivity contribution in [2.45, 2.75) is 50.5 Å². The van der Waals surface area contributed by atoms with Gasteiger partial charge in [-0.05, 0) is 47.8 Å². The number of morpholine rings is 1. The first-order valence-corrected chi connectivity index (χ1v) is 15.7. The lowest BCUT2D eigenvalue weighted by Gasteiger charge is -2.31. The van der Waals surface area contributed by atoms with E-state index >= 15 is 4.39 Å². The van der Waals surface area contributed by atoms with Gasteiger partial charge in [-0.15, -0.1) is 0 Å². The highest BCUT2D eigenvalue weighted by atomic mass is 79.9.